The molecule has 0 radical (unpaired) electrons. The van der Waals surface area contributed by atoms with Crippen LogP contribution in [0.4, 0.5) is 0 Å². The average molecular weight is 440 g/mol. The van der Waals surface area contributed by atoms with Gasteiger partial charge in [-0.1, -0.05) is 30.7 Å². The Morgan fingerprint density at radius 3 is 2.44 bits per heavy atom. The van der Waals surface area contributed by atoms with Crippen LogP contribution in [-0.4, -0.2) is 29.8 Å². The molecule has 4 bridgehead atoms. The van der Waals surface area contributed by atoms with E-state index >= 15 is 0 Å². The Labute approximate surface area is 191 Å². The molecule has 0 aromatic heterocycles. The van der Waals surface area contributed by atoms with Crippen LogP contribution in [0.3, 0.4) is 0 Å². The largest absolute Gasteiger partial charge is 0.457 e. The van der Waals surface area contributed by atoms with E-state index in [4.69, 9.17) is 4.74 Å². The molecular formula is C27H37NO4. The van der Waals surface area contributed by atoms with Crippen molar-refractivity contribution in [2.75, 3.05) is 6.54 Å². The van der Waals surface area contributed by atoms with Crippen molar-refractivity contribution >= 4 is 17.7 Å². The third-order valence-electron chi connectivity index (χ3n) is 7.85. The van der Waals surface area contributed by atoms with Crippen LogP contribution in [0.2, 0.25) is 0 Å². The summed E-state index contributed by atoms with van der Waals surface area (Å²) in [5.74, 6) is 2.10. The van der Waals surface area contributed by atoms with Crippen molar-refractivity contribution in [1.82, 2.24) is 5.32 Å². The molecule has 174 valence electrons. The summed E-state index contributed by atoms with van der Waals surface area (Å²) in [6.45, 7) is 7.80. The molecule has 5 rings (SSSR count). The number of ketones is 1. The third kappa shape index (κ3) is 4.92. The minimum Gasteiger partial charge on any atom is -0.457 e. The highest BCUT2D eigenvalue weighted by Crippen LogP contribution is 2.65. The van der Waals surface area contributed by atoms with Crippen LogP contribution in [0.15, 0.2) is 35.5 Å². The minimum absolute atomic E-state index is 0.0768. The first-order valence-electron chi connectivity index (χ1n) is 12.1. The van der Waals surface area contributed by atoms with E-state index in [0.717, 1.165) is 42.2 Å². The molecule has 0 aromatic rings. The SMILES string of the molecule is CC1CC(CC(=O)NCC(=O)C23CC4CC(CC2C4)C3)=CC=C1/C=C/C(=O)OC(C)(C)C. The van der Waals surface area contributed by atoms with E-state index < -0.39 is 5.60 Å². The van der Waals surface area contributed by atoms with E-state index in [1.807, 2.05) is 32.9 Å². The average Bonchev–Trinajstić information content (AvgIpc) is 3.09. The first-order chi connectivity index (χ1) is 15.0. The molecule has 1 amide bonds. The second kappa shape index (κ2) is 8.64. The van der Waals surface area contributed by atoms with Gasteiger partial charge in [0.1, 0.15) is 5.60 Å². The van der Waals surface area contributed by atoms with Crippen LogP contribution in [0.1, 0.15) is 72.6 Å². The fraction of sp³-hybridized carbons (Fsp3) is 0.667. The van der Waals surface area contributed by atoms with Crippen molar-refractivity contribution in [3.05, 3.63) is 35.5 Å². The zero-order valence-corrected chi connectivity index (χ0v) is 19.9. The lowest BCUT2D eigenvalue weighted by atomic mass is 9.72. The van der Waals surface area contributed by atoms with E-state index in [9.17, 15) is 14.4 Å². The van der Waals surface area contributed by atoms with Gasteiger partial charge in [-0.3, -0.25) is 9.59 Å². The van der Waals surface area contributed by atoms with Gasteiger partial charge >= 0.3 is 5.97 Å². The van der Waals surface area contributed by atoms with Gasteiger partial charge in [0.2, 0.25) is 5.91 Å². The summed E-state index contributed by atoms with van der Waals surface area (Å²) >= 11 is 0. The Bertz CT molecular complexity index is 874. The van der Waals surface area contributed by atoms with Gasteiger partial charge < -0.3 is 10.1 Å². The predicted molar refractivity (Wildman–Crippen MR) is 124 cm³/mol. The molecule has 3 unspecified atom stereocenters. The third-order valence-corrected chi connectivity index (χ3v) is 7.85. The molecule has 0 aliphatic heterocycles. The smallest absolute Gasteiger partial charge is 0.331 e. The highest BCUT2D eigenvalue weighted by Gasteiger charge is 2.60. The number of rotatable bonds is 7. The normalized spacial score (nSPS) is 33.2. The number of carbonyl (C=O) groups excluding carboxylic acids is 3. The molecule has 5 aliphatic carbocycles. The topological polar surface area (TPSA) is 72.5 Å². The molecule has 5 heteroatoms. The van der Waals surface area contributed by atoms with Gasteiger partial charge in [-0.2, -0.15) is 0 Å². The van der Waals surface area contributed by atoms with Crippen LogP contribution in [0.5, 0.6) is 0 Å². The zero-order valence-electron chi connectivity index (χ0n) is 19.9. The van der Waals surface area contributed by atoms with Gasteiger partial charge in [-0.25, -0.2) is 4.79 Å². The van der Waals surface area contributed by atoms with Crippen LogP contribution < -0.4 is 5.32 Å². The highest BCUT2D eigenvalue weighted by molar-refractivity contribution is 5.91. The first-order valence-corrected chi connectivity index (χ1v) is 12.1. The summed E-state index contributed by atoms with van der Waals surface area (Å²) < 4.78 is 5.31. The summed E-state index contributed by atoms with van der Waals surface area (Å²) in [6, 6.07) is 0. The van der Waals surface area contributed by atoms with Gasteiger partial charge in [0.05, 0.1) is 6.54 Å². The maximum atomic E-state index is 13.0. The van der Waals surface area contributed by atoms with Crippen molar-refractivity contribution in [3.8, 4) is 0 Å². The fourth-order valence-corrected chi connectivity index (χ4v) is 6.68. The number of nitrogens with one attached hydrogen (secondary N) is 1. The molecule has 0 spiro atoms. The number of ether oxygens (including phenoxy) is 1. The van der Waals surface area contributed by atoms with Crippen LogP contribution in [-0.2, 0) is 19.1 Å². The minimum atomic E-state index is -0.508. The summed E-state index contributed by atoms with van der Waals surface area (Å²) in [6.07, 6.45) is 14.1. The first kappa shape index (κ1) is 23.0. The number of Topliss-reactive ketones (excluding diaryl/α,β-unsaturated/α-hetero) is 1. The van der Waals surface area contributed by atoms with Crippen molar-refractivity contribution in [2.45, 2.75) is 78.2 Å². The van der Waals surface area contributed by atoms with Crippen molar-refractivity contribution < 1.29 is 19.1 Å². The summed E-state index contributed by atoms with van der Waals surface area (Å²) in [4.78, 5) is 37.5. The zero-order chi connectivity index (χ0) is 23.1. The van der Waals surface area contributed by atoms with Gasteiger partial charge in [-0.15, -0.1) is 0 Å². The van der Waals surface area contributed by atoms with Gasteiger partial charge in [-0.05, 0) is 88.5 Å². The Hall–Kier alpha value is -2.17. The van der Waals surface area contributed by atoms with Gasteiger partial charge in [0.25, 0.3) is 0 Å². The summed E-state index contributed by atoms with van der Waals surface area (Å²) in [5.41, 5.74) is 1.46. The van der Waals surface area contributed by atoms with E-state index in [1.54, 1.807) is 6.08 Å². The lowest BCUT2D eigenvalue weighted by Gasteiger charge is -2.31. The number of carbonyl (C=O) groups is 3. The maximum Gasteiger partial charge on any atom is 0.331 e. The van der Waals surface area contributed by atoms with Gasteiger partial charge in [0, 0.05) is 17.9 Å². The van der Waals surface area contributed by atoms with E-state index in [2.05, 4.69) is 12.2 Å². The van der Waals surface area contributed by atoms with Crippen LogP contribution in [0.25, 0.3) is 0 Å². The quantitative estimate of drug-likeness (QED) is 0.462. The number of amides is 1. The molecule has 3 atom stereocenters. The molecule has 5 nitrogen and oxygen atoms in total. The summed E-state index contributed by atoms with van der Waals surface area (Å²) in [7, 11) is 0. The number of hydrogen-bond donors (Lipinski definition) is 1. The molecule has 4 fully saturated rings. The fourth-order valence-electron chi connectivity index (χ4n) is 6.68. The summed E-state index contributed by atoms with van der Waals surface area (Å²) in [5, 5.41) is 2.91. The van der Waals surface area contributed by atoms with E-state index in [1.165, 1.54) is 25.3 Å². The molecule has 0 saturated heterocycles. The monoisotopic (exact) mass is 439 g/mol. The van der Waals surface area contributed by atoms with Gasteiger partial charge in [0.15, 0.2) is 5.78 Å². The van der Waals surface area contributed by atoms with E-state index in [0.29, 0.717) is 12.3 Å². The predicted octanol–water partition coefficient (Wildman–Crippen LogP) is 4.68. The number of hydrogen-bond acceptors (Lipinski definition) is 4. The van der Waals surface area contributed by atoms with Crippen molar-refractivity contribution in [2.24, 2.45) is 29.1 Å². The Kier molecular flexibility index (Phi) is 6.21. The Morgan fingerprint density at radius 1 is 1.12 bits per heavy atom. The lowest BCUT2D eigenvalue weighted by Crippen LogP contribution is -2.41. The Balaban J connectivity index is 1.27. The number of esters is 1. The standard InChI is InChI=1S/C27H37NO4/c1-17-9-18(5-6-21(17)7-8-25(31)32-26(2,3)4)13-24(30)28-16-23(29)27-14-19-10-20(15-27)12-22(27)11-19/h5-8,17,19-20,22H,9-16H2,1-4H3,(H,28,30)/b8-7+. The number of allylic oxidation sites excluding steroid dienone is 4. The molecular weight excluding hydrogens is 402 g/mol. The highest BCUT2D eigenvalue weighted by atomic mass is 16.6. The second-order valence-electron chi connectivity index (χ2n) is 11.5. The molecule has 1 N–H and O–H groups in total. The molecule has 5 aliphatic rings. The second-order valence-corrected chi connectivity index (χ2v) is 11.5. The van der Waals surface area contributed by atoms with Crippen molar-refractivity contribution in [1.29, 1.82) is 0 Å². The maximum absolute atomic E-state index is 13.0. The molecule has 0 heterocycles. The molecule has 4 saturated carbocycles. The van der Waals surface area contributed by atoms with Crippen LogP contribution >= 0.6 is 0 Å². The van der Waals surface area contributed by atoms with Crippen LogP contribution in [0, 0.1) is 29.1 Å². The molecule has 32 heavy (non-hydrogen) atoms. The lowest BCUT2D eigenvalue weighted by molar-refractivity contribution is -0.148. The van der Waals surface area contributed by atoms with E-state index in [-0.39, 0.29) is 35.5 Å². The Morgan fingerprint density at radius 2 is 1.81 bits per heavy atom. The molecule has 0 aromatic carbocycles. The van der Waals surface area contributed by atoms with Crippen molar-refractivity contribution in [3.63, 3.8) is 0 Å².